The quantitative estimate of drug-likeness (QED) is 0.180. The van der Waals surface area contributed by atoms with Gasteiger partial charge in [-0.3, -0.25) is 9.59 Å². The second kappa shape index (κ2) is 7.67. The van der Waals surface area contributed by atoms with Crippen molar-refractivity contribution in [1.82, 2.24) is 14.2 Å². The third-order valence-corrected chi connectivity index (χ3v) is 6.21. The number of fused-ring (bicyclic) bond motifs is 4. The van der Waals surface area contributed by atoms with Gasteiger partial charge in [-0.2, -0.15) is 9.20 Å². The number of halogens is 2. The monoisotopic (exact) mass is 554 g/mol. The largest absolute Gasteiger partial charge is 0.331 e. The van der Waals surface area contributed by atoms with E-state index in [0.717, 1.165) is 0 Å². The van der Waals surface area contributed by atoms with Crippen LogP contribution in [0.15, 0.2) is 85.3 Å². The van der Waals surface area contributed by atoms with E-state index in [4.69, 9.17) is 17.2 Å². The molecular weight excluding hydrogens is 544 g/mol. The van der Waals surface area contributed by atoms with Crippen LogP contribution in [0.1, 0.15) is 0 Å². The van der Waals surface area contributed by atoms with E-state index in [1.165, 1.54) is 9.20 Å². The number of aromatic nitrogens is 3. The fraction of sp³-hybridized carbons (Fsp3) is 0. The third-order valence-electron chi connectivity index (χ3n) is 4.88. The van der Waals surface area contributed by atoms with Gasteiger partial charge in [0.2, 0.25) is 5.11 Å². The summed E-state index contributed by atoms with van der Waals surface area (Å²) in [6.07, 6.45) is 0. The number of nitrogens with one attached hydrogen (secondary N) is 1. The van der Waals surface area contributed by atoms with Crippen LogP contribution in [0, 0.1) is 0 Å². The molecule has 0 fully saturated rings. The van der Waals surface area contributed by atoms with Crippen molar-refractivity contribution in [2.24, 2.45) is 0 Å². The van der Waals surface area contributed by atoms with E-state index in [1.54, 1.807) is 30.3 Å². The predicted molar refractivity (Wildman–Crippen MR) is 134 cm³/mol. The summed E-state index contributed by atoms with van der Waals surface area (Å²) in [6, 6.07) is 19.8. The highest BCUT2D eigenvalue weighted by molar-refractivity contribution is 9.11. The molecule has 6 nitrogen and oxygen atoms in total. The van der Waals surface area contributed by atoms with Crippen LogP contribution in [-0.4, -0.2) is 19.3 Å². The van der Waals surface area contributed by atoms with E-state index in [2.05, 4.69) is 37.2 Å². The van der Waals surface area contributed by atoms with Gasteiger partial charge in [0.1, 0.15) is 0 Å². The van der Waals surface area contributed by atoms with Gasteiger partial charge in [0.25, 0.3) is 11.1 Å². The van der Waals surface area contributed by atoms with Gasteiger partial charge >= 0.3 is 0 Å². The zero-order chi connectivity index (χ0) is 21.7. The average molecular weight is 556 g/mol. The molecule has 0 saturated heterocycles. The Morgan fingerprint density at radius 1 is 0.871 bits per heavy atom. The SMILES string of the molecule is O=c1c2ccccc2c2nc3c(Br)cc(Br)cc3c(=O)n2n1C(=S)Nc1ccccc1. The van der Waals surface area contributed by atoms with Gasteiger partial charge in [-0.05, 0) is 58.5 Å². The van der Waals surface area contributed by atoms with Crippen molar-refractivity contribution in [2.75, 3.05) is 5.32 Å². The molecule has 0 aliphatic rings. The highest BCUT2D eigenvalue weighted by atomic mass is 79.9. The lowest BCUT2D eigenvalue weighted by molar-refractivity contribution is 0.773. The highest BCUT2D eigenvalue weighted by Crippen LogP contribution is 2.27. The van der Waals surface area contributed by atoms with Crippen LogP contribution >= 0.6 is 44.1 Å². The normalized spacial score (nSPS) is 11.3. The molecule has 31 heavy (non-hydrogen) atoms. The number of anilines is 1. The molecule has 1 N–H and O–H groups in total. The molecule has 0 bridgehead atoms. The first-order chi connectivity index (χ1) is 15.0. The van der Waals surface area contributed by atoms with Crippen molar-refractivity contribution in [3.05, 3.63) is 96.4 Å². The van der Waals surface area contributed by atoms with Gasteiger partial charge in [-0.1, -0.05) is 52.3 Å². The molecule has 2 heterocycles. The summed E-state index contributed by atoms with van der Waals surface area (Å²) in [5.74, 6) is 0. The van der Waals surface area contributed by atoms with Crippen LogP contribution in [0.3, 0.4) is 0 Å². The Hall–Kier alpha value is -2.88. The van der Waals surface area contributed by atoms with E-state index in [-0.39, 0.29) is 5.11 Å². The maximum Gasteiger partial charge on any atom is 0.281 e. The summed E-state index contributed by atoms with van der Waals surface area (Å²) < 4.78 is 3.79. The summed E-state index contributed by atoms with van der Waals surface area (Å²) in [7, 11) is 0. The van der Waals surface area contributed by atoms with E-state index in [0.29, 0.717) is 42.0 Å². The zero-order valence-corrected chi connectivity index (χ0v) is 19.7. The topological polar surface area (TPSA) is 68.4 Å². The molecule has 0 aliphatic heterocycles. The summed E-state index contributed by atoms with van der Waals surface area (Å²) in [6.45, 7) is 0. The zero-order valence-electron chi connectivity index (χ0n) is 15.7. The first-order valence-corrected chi connectivity index (χ1v) is 11.2. The molecule has 152 valence electrons. The Kier molecular flexibility index (Phi) is 4.96. The lowest BCUT2D eigenvalue weighted by Crippen LogP contribution is -2.40. The minimum atomic E-state index is -0.408. The molecule has 3 aromatic carbocycles. The molecule has 0 saturated carbocycles. The minimum absolute atomic E-state index is 0.0734. The molecular formula is C22H12Br2N4O2S. The van der Waals surface area contributed by atoms with Crippen LogP contribution in [0.5, 0.6) is 0 Å². The maximum absolute atomic E-state index is 13.6. The van der Waals surface area contributed by atoms with Crippen LogP contribution in [-0.2, 0) is 0 Å². The summed E-state index contributed by atoms with van der Waals surface area (Å²) in [5, 5.41) is 4.45. The number of benzene rings is 3. The fourth-order valence-corrected chi connectivity index (χ4v) is 5.11. The maximum atomic E-state index is 13.6. The smallest absolute Gasteiger partial charge is 0.281 e. The lowest BCUT2D eigenvalue weighted by Gasteiger charge is -2.16. The molecule has 0 spiro atoms. The molecule has 0 unspecified atom stereocenters. The molecule has 5 rings (SSSR count). The average Bonchev–Trinajstić information content (AvgIpc) is 2.76. The molecule has 5 aromatic rings. The van der Waals surface area contributed by atoms with Crippen molar-refractivity contribution in [3.63, 3.8) is 0 Å². The van der Waals surface area contributed by atoms with Gasteiger partial charge in [0.15, 0.2) is 5.65 Å². The standard InChI is InChI=1S/C22H12Br2N4O2S/c23-12-10-16-18(17(24)11-12)26-19-14-8-4-5-9-15(14)20(29)28(27(19)21(16)30)22(31)25-13-6-2-1-3-7-13/h1-11H,(H,25,31). The van der Waals surface area contributed by atoms with E-state index in [9.17, 15) is 9.59 Å². The van der Waals surface area contributed by atoms with Gasteiger partial charge in [0.05, 0.1) is 16.3 Å². The van der Waals surface area contributed by atoms with E-state index in [1.807, 2.05) is 36.4 Å². The van der Waals surface area contributed by atoms with Gasteiger partial charge in [0, 0.05) is 20.0 Å². The Balaban J connectivity index is 1.94. The summed E-state index contributed by atoms with van der Waals surface area (Å²) in [5.41, 5.74) is 0.738. The summed E-state index contributed by atoms with van der Waals surface area (Å²) >= 11 is 12.5. The third kappa shape index (κ3) is 3.29. The fourth-order valence-electron chi connectivity index (χ4n) is 3.52. The van der Waals surface area contributed by atoms with Gasteiger partial charge in [-0.25, -0.2) is 4.98 Å². The Bertz CT molecular complexity index is 1650. The molecule has 0 radical (unpaired) electrons. The van der Waals surface area contributed by atoms with Crippen molar-refractivity contribution >= 4 is 82.2 Å². The van der Waals surface area contributed by atoms with E-state index >= 15 is 0 Å². The number of nitrogens with zero attached hydrogens (tertiary/aromatic N) is 3. The van der Waals surface area contributed by atoms with Gasteiger partial charge < -0.3 is 5.32 Å². The first-order valence-electron chi connectivity index (χ1n) is 9.17. The van der Waals surface area contributed by atoms with Crippen molar-refractivity contribution < 1.29 is 0 Å². The van der Waals surface area contributed by atoms with Crippen molar-refractivity contribution in [1.29, 1.82) is 0 Å². The van der Waals surface area contributed by atoms with Crippen molar-refractivity contribution in [2.45, 2.75) is 0 Å². The Morgan fingerprint density at radius 3 is 2.29 bits per heavy atom. The molecule has 9 heteroatoms. The molecule has 0 amide bonds. The molecule has 0 aliphatic carbocycles. The van der Waals surface area contributed by atoms with Crippen molar-refractivity contribution in [3.8, 4) is 0 Å². The lowest BCUT2D eigenvalue weighted by atomic mass is 10.2. The summed E-state index contributed by atoms with van der Waals surface area (Å²) in [4.78, 5) is 31.8. The number of rotatable bonds is 1. The predicted octanol–water partition coefficient (Wildman–Crippen LogP) is 4.93. The number of hydrogen-bond donors (Lipinski definition) is 1. The highest BCUT2D eigenvalue weighted by Gasteiger charge is 2.19. The Morgan fingerprint density at radius 2 is 1.55 bits per heavy atom. The Labute approximate surface area is 197 Å². The van der Waals surface area contributed by atoms with Crippen LogP contribution < -0.4 is 16.4 Å². The molecule has 2 aromatic heterocycles. The van der Waals surface area contributed by atoms with Crippen LogP contribution in [0.4, 0.5) is 5.69 Å². The minimum Gasteiger partial charge on any atom is -0.331 e. The number of hydrogen-bond acceptors (Lipinski definition) is 4. The molecule has 0 atom stereocenters. The van der Waals surface area contributed by atoms with Crippen LogP contribution in [0.2, 0.25) is 0 Å². The number of thiocarbonyl (C=S) groups is 1. The van der Waals surface area contributed by atoms with E-state index < -0.39 is 11.1 Å². The van der Waals surface area contributed by atoms with Gasteiger partial charge in [-0.15, -0.1) is 0 Å². The van der Waals surface area contributed by atoms with Crippen LogP contribution in [0.25, 0.3) is 27.3 Å². The number of para-hydroxylation sites is 1. The second-order valence-electron chi connectivity index (χ2n) is 6.79. The first kappa shape index (κ1) is 20.0. The second-order valence-corrected chi connectivity index (χ2v) is 8.95.